The molecule has 0 aliphatic heterocycles. The van der Waals surface area contributed by atoms with E-state index in [1.165, 1.54) is 17.8 Å². The number of aromatic nitrogens is 1. The molecule has 0 aliphatic carbocycles. The van der Waals surface area contributed by atoms with Crippen molar-refractivity contribution in [3.05, 3.63) is 65.5 Å². The highest BCUT2D eigenvalue weighted by molar-refractivity contribution is 5.87. The summed E-state index contributed by atoms with van der Waals surface area (Å²) < 4.78 is 0. The van der Waals surface area contributed by atoms with Crippen molar-refractivity contribution < 1.29 is 9.90 Å². The van der Waals surface area contributed by atoms with Crippen molar-refractivity contribution in [1.82, 2.24) is 9.88 Å². The van der Waals surface area contributed by atoms with Crippen LogP contribution in [-0.2, 0) is 13.1 Å². The fraction of sp³-hybridized carbons (Fsp3) is 0.200. The Morgan fingerprint density at radius 2 is 1.95 bits per heavy atom. The molecule has 0 atom stereocenters. The Hall–Kier alpha value is -2.20. The van der Waals surface area contributed by atoms with E-state index in [-0.39, 0.29) is 5.56 Å². The van der Waals surface area contributed by atoms with Gasteiger partial charge in [-0.05, 0) is 24.7 Å². The lowest BCUT2D eigenvalue weighted by molar-refractivity contribution is 0.0696. The SMILES string of the molecule is CN(Cc1ccccc1)Cc1cc(C(=O)O)ccn1. The highest BCUT2D eigenvalue weighted by Gasteiger charge is 2.06. The molecule has 0 radical (unpaired) electrons. The van der Waals surface area contributed by atoms with E-state index < -0.39 is 5.97 Å². The van der Waals surface area contributed by atoms with E-state index in [1.54, 1.807) is 6.07 Å². The third-order valence-corrected chi connectivity index (χ3v) is 2.79. The molecule has 1 N–H and O–H groups in total. The Morgan fingerprint density at radius 3 is 2.63 bits per heavy atom. The molecule has 98 valence electrons. The summed E-state index contributed by atoms with van der Waals surface area (Å²) in [5.41, 5.74) is 2.26. The predicted molar refractivity (Wildman–Crippen MR) is 72.8 cm³/mol. The third-order valence-electron chi connectivity index (χ3n) is 2.79. The van der Waals surface area contributed by atoms with Gasteiger partial charge in [-0.15, -0.1) is 0 Å². The van der Waals surface area contributed by atoms with Crippen molar-refractivity contribution in [1.29, 1.82) is 0 Å². The summed E-state index contributed by atoms with van der Waals surface area (Å²) >= 11 is 0. The van der Waals surface area contributed by atoms with Gasteiger partial charge in [0.05, 0.1) is 11.3 Å². The second-order valence-corrected chi connectivity index (χ2v) is 4.50. The number of carboxylic acid groups (broad SMARTS) is 1. The average molecular weight is 256 g/mol. The standard InChI is InChI=1S/C15H16N2O2/c1-17(10-12-5-3-2-4-6-12)11-14-9-13(15(18)19)7-8-16-14/h2-9H,10-11H2,1H3,(H,18,19). The van der Waals surface area contributed by atoms with Gasteiger partial charge in [0.1, 0.15) is 0 Å². The second-order valence-electron chi connectivity index (χ2n) is 4.50. The lowest BCUT2D eigenvalue weighted by atomic mass is 10.2. The zero-order valence-corrected chi connectivity index (χ0v) is 10.8. The maximum Gasteiger partial charge on any atom is 0.335 e. The summed E-state index contributed by atoms with van der Waals surface area (Å²) in [5.74, 6) is -0.922. The van der Waals surface area contributed by atoms with Gasteiger partial charge in [0.25, 0.3) is 0 Å². The van der Waals surface area contributed by atoms with E-state index >= 15 is 0 Å². The smallest absolute Gasteiger partial charge is 0.335 e. The number of pyridine rings is 1. The fourth-order valence-electron chi connectivity index (χ4n) is 1.93. The fourth-order valence-corrected chi connectivity index (χ4v) is 1.93. The molecule has 0 bridgehead atoms. The van der Waals surface area contributed by atoms with E-state index in [4.69, 9.17) is 5.11 Å². The summed E-state index contributed by atoms with van der Waals surface area (Å²) in [4.78, 5) is 17.2. The molecule has 0 spiro atoms. The number of benzene rings is 1. The van der Waals surface area contributed by atoms with Gasteiger partial charge < -0.3 is 5.11 Å². The van der Waals surface area contributed by atoms with Crippen LogP contribution in [0.25, 0.3) is 0 Å². The van der Waals surface area contributed by atoms with Crippen LogP contribution in [0.1, 0.15) is 21.6 Å². The molecule has 4 heteroatoms. The Labute approximate surface area is 112 Å². The van der Waals surface area contributed by atoms with Gasteiger partial charge in [0.2, 0.25) is 0 Å². The minimum absolute atomic E-state index is 0.276. The normalized spacial score (nSPS) is 10.6. The lowest BCUT2D eigenvalue weighted by Gasteiger charge is -2.16. The van der Waals surface area contributed by atoms with Crippen LogP contribution in [0.4, 0.5) is 0 Å². The van der Waals surface area contributed by atoms with E-state index in [1.807, 2.05) is 25.2 Å². The number of carboxylic acids is 1. The molecule has 4 nitrogen and oxygen atoms in total. The summed E-state index contributed by atoms with van der Waals surface area (Å²) in [5, 5.41) is 8.94. The molecule has 0 fully saturated rings. The van der Waals surface area contributed by atoms with Crippen LogP contribution in [0.15, 0.2) is 48.7 Å². The Morgan fingerprint density at radius 1 is 1.21 bits per heavy atom. The quantitative estimate of drug-likeness (QED) is 0.892. The van der Waals surface area contributed by atoms with Crippen LogP contribution in [0.3, 0.4) is 0 Å². The first-order chi connectivity index (χ1) is 9.15. The van der Waals surface area contributed by atoms with Gasteiger partial charge >= 0.3 is 5.97 Å². The average Bonchev–Trinajstić information content (AvgIpc) is 2.40. The zero-order valence-electron chi connectivity index (χ0n) is 10.8. The van der Waals surface area contributed by atoms with E-state index in [0.29, 0.717) is 6.54 Å². The molecule has 0 saturated heterocycles. The minimum Gasteiger partial charge on any atom is -0.478 e. The topological polar surface area (TPSA) is 53.4 Å². The van der Waals surface area contributed by atoms with Gasteiger partial charge in [-0.1, -0.05) is 30.3 Å². The molecule has 0 amide bonds. The molecule has 2 rings (SSSR count). The van der Waals surface area contributed by atoms with Crippen molar-refractivity contribution in [3.63, 3.8) is 0 Å². The molecule has 1 heterocycles. The molecule has 0 unspecified atom stereocenters. The lowest BCUT2D eigenvalue weighted by Crippen LogP contribution is -2.18. The zero-order chi connectivity index (χ0) is 13.7. The monoisotopic (exact) mass is 256 g/mol. The Balaban J connectivity index is 2.01. The van der Waals surface area contributed by atoms with E-state index in [0.717, 1.165) is 12.2 Å². The van der Waals surface area contributed by atoms with E-state index in [9.17, 15) is 4.79 Å². The van der Waals surface area contributed by atoms with Crippen molar-refractivity contribution in [3.8, 4) is 0 Å². The van der Waals surface area contributed by atoms with Crippen LogP contribution in [0.2, 0.25) is 0 Å². The molecule has 1 aromatic heterocycles. The van der Waals surface area contributed by atoms with Crippen molar-refractivity contribution in [2.24, 2.45) is 0 Å². The molecule has 0 aliphatic rings. The summed E-state index contributed by atoms with van der Waals surface area (Å²) in [6, 6.07) is 13.3. The Kier molecular flexibility index (Phi) is 4.26. The molecule has 19 heavy (non-hydrogen) atoms. The van der Waals surface area contributed by atoms with Crippen LogP contribution >= 0.6 is 0 Å². The van der Waals surface area contributed by atoms with Gasteiger partial charge in [-0.2, -0.15) is 0 Å². The molecular formula is C15H16N2O2. The van der Waals surface area contributed by atoms with Crippen molar-refractivity contribution in [2.45, 2.75) is 13.1 Å². The van der Waals surface area contributed by atoms with Gasteiger partial charge in [0.15, 0.2) is 0 Å². The molecule has 2 aromatic rings. The van der Waals surface area contributed by atoms with Crippen LogP contribution in [-0.4, -0.2) is 28.0 Å². The second kappa shape index (κ2) is 6.11. The largest absolute Gasteiger partial charge is 0.478 e. The maximum absolute atomic E-state index is 10.9. The third kappa shape index (κ3) is 3.89. The number of carbonyl (C=O) groups is 1. The number of rotatable bonds is 5. The van der Waals surface area contributed by atoms with Crippen LogP contribution in [0, 0.1) is 0 Å². The molecular weight excluding hydrogens is 240 g/mol. The maximum atomic E-state index is 10.9. The highest BCUT2D eigenvalue weighted by atomic mass is 16.4. The van der Waals surface area contributed by atoms with Crippen LogP contribution in [0.5, 0.6) is 0 Å². The summed E-state index contributed by atoms with van der Waals surface area (Å²) in [6.45, 7) is 1.43. The van der Waals surface area contributed by atoms with E-state index in [2.05, 4.69) is 22.0 Å². The highest BCUT2D eigenvalue weighted by Crippen LogP contribution is 2.08. The molecule has 0 saturated carbocycles. The van der Waals surface area contributed by atoms with Gasteiger partial charge in [-0.25, -0.2) is 4.79 Å². The number of nitrogens with zero attached hydrogens (tertiary/aromatic N) is 2. The van der Waals surface area contributed by atoms with Crippen molar-refractivity contribution in [2.75, 3.05) is 7.05 Å². The number of hydrogen-bond acceptors (Lipinski definition) is 3. The summed E-state index contributed by atoms with van der Waals surface area (Å²) in [6.07, 6.45) is 1.54. The number of hydrogen-bond donors (Lipinski definition) is 1. The van der Waals surface area contributed by atoms with Crippen LogP contribution < -0.4 is 0 Å². The van der Waals surface area contributed by atoms with Crippen molar-refractivity contribution >= 4 is 5.97 Å². The minimum atomic E-state index is -0.922. The number of aromatic carboxylic acids is 1. The van der Waals surface area contributed by atoms with Gasteiger partial charge in [0, 0.05) is 19.3 Å². The first-order valence-corrected chi connectivity index (χ1v) is 6.06. The predicted octanol–water partition coefficient (Wildman–Crippen LogP) is 2.41. The Bertz CT molecular complexity index is 555. The van der Waals surface area contributed by atoms with Gasteiger partial charge in [-0.3, -0.25) is 9.88 Å². The first kappa shape index (κ1) is 13.2. The molecule has 1 aromatic carbocycles. The summed E-state index contributed by atoms with van der Waals surface area (Å²) in [7, 11) is 1.99. The first-order valence-electron chi connectivity index (χ1n) is 6.06.